The number of nitriles is 1. The van der Waals surface area contributed by atoms with E-state index in [-0.39, 0.29) is 0 Å². The maximum absolute atomic E-state index is 9.87. The molecule has 7 heteroatoms. The molecule has 0 fully saturated rings. The molecule has 0 aliphatic heterocycles. The third-order valence-electron chi connectivity index (χ3n) is 4.57. The van der Waals surface area contributed by atoms with Gasteiger partial charge in [0.05, 0.1) is 37.1 Å². The number of rotatable bonds is 9. The fourth-order valence-electron chi connectivity index (χ4n) is 3.34. The predicted octanol–water partition coefficient (Wildman–Crippen LogP) is 5.92. The number of anilines is 1. The first-order chi connectivity index (χ1) is 14.2. The minimum Gasteiger partial charge on any atom is -0.497 e. The number of hydrogen-bond donors (Lipinski definition) is 1. The van der Waals surface area contributed by atoms with Crippen LogP contribution in [0.15, 0.2) is 42.5 Å². The molecule has 0 aliphatic rings. The van der Waals surface area contributed by atoms with Crippen LogP contribution in [-0.4, -0.2) is 24.9 Å². The molecular weight excluding hydrogens is 385 g/mol. The number of methoxy groups -OCH3 is 1. The van der Waals surface area contributed by atoms with E-state index < -0.39 is 8.53 Å². The van der Waals surface area contributed by atoms with Crippen molar-refractivity contribution in [2.75, 3.05) is 25.4 Å². The summed E-state index contributed by atoms with van der Waals surface area (Å²) in [6, 6.07) is 16.2. The lowest BCUT2D eigenvalue weighted by Gasteiger charge is -2.17. The van der Waals surface area contributed by atoms with Gasteiger partial charge in [-0.25, -0.2) is 0 Å². The lowest BCUT2D eigenvalue weighted by Crippen LogP contribution is -2.00. The Bertz CT molecular complexity index is 1000. The van der Waals surface area contributed by atoms with Crippen molar-refractivity contribution in [3.05, 3.63) is 48.0 Å². The lowest BCUT2D eigenvalue weighted by molar-refractivity contribution is 0.273. The normalized spacial score (nSPS) is 11.0. The first kappa shape index (κ1) is 21.1. The van der Waals surface area contributed by atoms with E-state index in [0.717, 1.165) is 40.1 Å². The predicted molar refractivity (Wildman–Crippen MR) is 118 cm³/mol. The second kappa shape index (κ2) is 9.76. The van der Waals surface area contributed by atoms with Crippen LogP contribution >= 0.6 is 8.53 Å². The van der Waals surface area contributed by atoms with Crippen LogP contribution in [0, 0.1) is 11.3 Å². The van der Waals surface area contributed by atoms with Crippen molar-refractivity contribution in [3.8, 4) is 23.1 Å². The van der Waals surface area contributed by atoms with Crippen molar-refractivity contribution in [1.82, 2.24) is 4.57 Å². The summed E-state index contributed by atoms with van der Waals surface area (Å²) in [5.74, 6) is 0.778. The molecule has 0 saturated heterocycles. The minimum atomic E-state index is -1.16. The number of nitrogens with one attached hydrogen (secondary N) is 1. The molecule has 0 saturated carbocycles. The van der Waals surface area contributed by atoms with Crippen molar-refractivity contribution in [1.29, 1.82) is 5.26 Å². The largest absolute Gasteiger partial charge is 0.497 e. The summed E-state index contributed by atoms with van der Waals surface area (Å²) >= 11 is 0. The summed E-state index contributed by atoms with van der Waals surface area (Å²) < 4.78 is 18.8. The lowest BCUT2D eigenvalue weighted by atomic mass is 10.1. The van der Waals surface area contributed by atoms with Gasteiger partial charge in [0.25, 0.3) is 8.53 Å². The van der Waals surface area contributed by atoms with E-state index >= 15 is 0 Å². The molecular formula is C22H26N3O3P. The molecule has 0 amide bonds. The van der Waals surface area contributed by atoms with Crippen molar-refractivity contribution in [2.45, 2.75) is 27.3 Å². The highest BCUT2D eigenvalue weighted by atomic mass is 31.2. The summed E-state index contributed by atoms with van der Waals surface area (Å²) in [5, 5.41) is 14.1. The van der Waals surface area contributed by atoms with Crippen molar-refractivity contribution < 1.29 is 13.8 Å². The van der Waals surface area contributed by atoms with Crippen LogP contribution in [0.5, 0.6) is 5.75 Å². The Morgan fingerprint density at radius 1 is 1.03 bits per heavy atom. The van der Waals surface area contributed by atoms with Gasteiger partial charge >= 0.3 is 0 Å². The summed E-state index contributed by atoms with van der Waals surface area (Å²) in [4.78, 5) is 0. The quantitative estimate of drug-likeness (QED) is 0.443. The first-order valence-corrected chi connectivity index (χ1v) is 10.9. The minimum absolute atomic E-state index is 0.586. The fraction of sp³-hybridized carbons (Fsp3) is 0.318. The fourth-order valence-corrected chi connectivity index (χ4v) is 4.37. The number of fused-ring (bicyclic) bond motifs is 1. The maximum Gasteiger partial charge on any atom is 0.287 e. The molecule has 0 bridgehead atoms. The van der Waals surface area contributed by atoms with Crippen LogP contribution in [0.3, 0.4) is 0 Å². The second-order valence-electron chi connectivity index (χ2n) is 6.24. The van der Waals surface area contributed by atoms with E-state index in [4.69, 9.17) is 13.8 Å². The zero-order chi connectivity index (χ0) is 20.8. The van der Waals surface area contributed by atoms with E-state index in [1.807, 2.05) is 56.3 Å². The van der Waals surface area contributed by atoms with Gasteiger partial charge in [-0.3, -0.25) is 0 Å². The smallest absolute Gasteiger partial charge is 0.287 e. The van der Waals surface area contributed by atoms with Crippen molar-refractivity contribution in [2.24, 2.45) is 0 Å². The monoisotopic (exact) mass is 411 g/mol. The van der Waals surface area contributed by atoms with Gasteiger partial charge in [0.15, 0.2) is 0 Å². The molecule has 0 atom stereocenters. The standard InChI is InChI=1S/C22H26N3O3P/c1-5-25-21-14-18(26-4)12-13-19(21)20(15-23)22(25)16-8-10-17(11-9-16)24-29(27-6-2)28-7-3/h8-14,24H,5-7H2,1-4H3. The molecule has 0 aliphatic carbocycles. The Morgan fingerprint density at radius 2 is 1.72 bits per heavy atom. The van der Waals surface area contributed by atoms with Crippen LogP contribution in [0.25, 0.3) is 22.2 Å². The highest BCUT2D eigenvalue weighted by Crippen LogP contribution is 2.40. The summed E-state index contributed by atoms with van der Waals surface area (Å²) in [7, 11) is 0.487. The van der Waals surface area contributed by atoms with Crippen LogP contribution in [0.4, 0.5) is 5.69 Å². The Labute approximate surface area is 173 Å². The Hall–Kier alpha value is -2.58. The van der Waals surface area contributed by atoms with Gasteiger partial charge in [0.2, 0.25) is 0 Å². The molecule has 3 aromatic rings. The van der Waals surface area contributed by atoms with Gasteiger partial charge in [-0.05, 0) is 50.6 Å². The molecule has 6 nitrogen and oxygen atoms in total. The van der Waals surface area contributed by atoms with E-state index in [1.54, 1.807) is 7.11 Å². The van der Waals surface area contributed by atoms with Gasteiger partial charge in [-0.15, -0.1) is 0 Å². The molecule has 29 heavy (non-hydrogen) atoms. The van der Waals surface area contributed by atoms with Crippen LogP contribution < -0.4 is 9.82 Å². The highest BCUT2D eigenvalue weighted by molar-refractivity contribution is 7.48. The van der Waals surface area contributed by atoms with Crippen LogP contribution in [0.1, 0.15) is 26.3 Å². The third-order valence-corrected chi connectivity index (χ3v) is 6.00. The number of benzene rings is 2. The first-order valence-electron chi connectivity index (χ1n) is 9.70. The van der Waals surface area contributed by atoms with Gasteiger partial charge < -0.3 is 23.4 Å². The molecule has 2 aromatic carbocycles. The maximum atomic E-state index is 9.87. The Kier molecular flexibility index (Phi) is 7.11. The average Bonchev–Trinajstić information content (AvgIpc) is 3.07. The van der Waals surface area contributed by atoms with Gasteiger partial charge in [0.1, 0.15) is 11.8 Å². The zero-order valence-corrected chi connectivity index (χ0v) is 18.1. The summed E-state index contributed by atoms with van der Waals surface area (Å²) in [6.45, 7) is 7.89. The van der Waals surface area contributed by atoms with E-state index in [1.165, 1.54) is 0 Å². The Balaban J connectivity index is 2.01. The summed E-state index contributed by atoms with van der Waals surface area (Å²) in [6.07, 6.45) is 0. The third kappa shape index (κ3) is 4.38. The van der Waals surface area contributed by atoms with Crippen LogP contribution in [0.2, 0.25) is 0 Å². The molecule has 1 N–H and O–H groups in total. The SMILES string of the molecule is CCOP(Nc1ccc(-c2c(C#N)c3ccc(OC)cc3n2CC)cc1)OCC. The number of aromatic nitrogens is 1. The molecule has 152 valence electrons. The average molecular weight is 411 g/mol. The molecule has 0 unspecified atom stereocenters. The molecule has 1 heterocycles. The number of nitrogens with zero attached hydrogens (tertiary/aromatic N) is 2. The second-order valence-corrected chi connectivity index (χ2v) is 7.50. The van der Waals surface area contributed by atoms with E-state index in [0.29, 0.717) is 18.8 Å². The van der Waals surface area contributed by atoms with Crippen molar-refractivity contribution in [3.63, 3.8) is 0 Å². The van der Waals surface area contributed by atoms with Gasteiger partial charge in [0, 0.05) is 23.7 Å². The number of ether oxygens (including phenoxy) is 1. The van der Waals surface area contributed by atoms with E-state index in [9.17, 15) is 5.26 Å². The number of aryl methyl sites for hydroxylation is 1. The zero-order valence-electron chi connectivity index (χ0n) is 17.2. The molecule has 3 rings (SSSR count). The highest BCUT2D eigenvalue weighted by Gasteiger charge is 2.19. The molecule has 1 aromatic heterocycles. The summed E-state index contributed by atoms with van der Waals surface area (Å²) in [5.41, 5.74) is 4.50. The topological polar surface area (TPSA) is 68.4 Å². The van der Waals surface area contributed by atoms with Gasteiger partial charge in [-0.1, -0.05) is 12.1 Å². The molecule has 0 radical (unpaired) electrons. The van der Waals surface area contributed by atoms with Gasteiger partial charge in [-0.2, -0.15) is 5.26 Å². The van der Waals surface area contributed by atoms with Crippen LogP contribution in [-0.2, 0) is 15.6 Å². The van der Waals surface area contributed by atoms with Crippen molar-refractivity contribution >= 4 is 25.1 Å². The van der Waals surface area contributed by atoms with E-state index in [2.05, 4.69) is 22.6 Å². The molecule has 0 spiro atoms. The number of hydrogen-bond acceptors (Lipinski definition) is 5. The Morgan fingerprint density at radius 3 is 2.28 bits per heavy atom.